The van der Waals surface area contributed by atoms with Crippen LogP contribution in [0.5, 0.6) is 0 Å². The Kier molecular flexibility index (Phi) is 4.34. The van der Waals surface area contributed by atoms with Crippen LogP contribution in [-0.4, -0.2) is 30.1 Å². The molecular weight excluding hydrogens is 284 g/mol. The maximum absolute atomic E-state index is 6.08. The molecule has 1 aromatic carbocycles. The molecule has 0 atom stereocenters. The van der Waals surface area contributed by atoms with Crippen molar-refractivity contribution in [2.24, 2.45) is 4.99 Å². The van der Waals surface area contributed by atoms with E-state index < -0.39 is 0 Å². The molecule has 5 heteroatoms. The summed E-state index contributed by atoms with van der Waals surface area (Å²) in [6, 6.07) is 6.56. The normalized spacial score (nSPS) is 15.4. The first-order valence-electron chi connectivity index (χ1n) is 7.56. The number of halogens is 1. The highest BCUT2D eigenvalue weighted by atomic mass is 35.5. The molecule has 0 radical (unpaired) electrons. The van der Waals surface area contributed by atoms with Crippen molar-refractivity contribution in [2.45, 2.75) is 32.2 Å². The second-order valence-corrected chi connectivity index (χ2v) is 5.87. The quantitative estimate of drug-likeness (QED) is 0.587. The van der Waals surface area contributed by atoms with Crippen LogP contribution in [0.3, 0.4) is 0 Å². The molecule has 0 aliphatic heterocycles. The molecule has 0 amide bonds. The van der Waals surface area contributed by atoms with Crippen LogP contribution in [0.1, 0.15) is 25.3 Å². The molecule has 1 fully saturated rings. The number of nitrogens with zero attached hydrogens (tertiary/aromatic N) is 1. The van der Waals surface area contributed by atoms with E-state index in [9.17, 15) is 0 Å². The Bertz CT molecular complexity index is 643. The number of benzene rings is 1. The van der Waals surface area contributed by atoms with Gasteiger partial charge in [0.15, 0.2) is 5.96 Å². The average molecular weight is 305 g/mol. The van der Waals surface area contributed by atoms with E-state index >= 15 is 0 Å². The maximum Gasteiger partial charge on any atom is 0.191 e. The summed E-state index contributed by atoms with van der Waals surface area (Å²) >= 11 is 6.08. The number of aromatic nitrogens is 1. The molecule has 2 aromatic rings. The summed E-state index contributed by atoms with van der Waals surface area (Å²) in [6.07, 6.45) is 5.47. The van der Waals surface area contributed by atoms with Crippen molar-refractivity contribution in [3.8, 4) is 0 Å². The van der Waals surface area contributed by atoms with Crippen LogP contribution in [0.25, 0.3) is 10.9 Å². The summed E-state index contributed by atoms with van der Waals surface area (Å²) in [5.74, 6) is 0.929. The number of rotatable bonds is 5. The molecule has 4 nitrogen and oxygen atoms in total. The lowest BCUT2D eigenvalue weighted by molar-refractivity contribution is 0.809. The molecule has 3 rings (SSSR count). The van der Waals surface area contributed by atoms with Gasteiger partial charge in [-0.15, -0.1) is 0 Å². The summed E-state index contributed by atoms with van der Waals surface area (Å²) in [5.41, 5.74) is 2.39. The molecule has 3 N–H and O–H groups in total. The average Bonchev–Trinajstić information content (AvgIpc) is 3.20. The number of hydrogen-bond donors (Lipinski definition) is 3. The molecule has 1 aromatic heterocycles. The first-order chi connectivity index (χ1) is 10.3. The minimum Gasteiger partial charge on any atom is -0.361 e. The predicted molar refractivity (Wildman–Crippen MR) is 89.1 cm³/mol. The number of hydrogen-bond acceptors (Lipinski definition) is 1. The maximum atomic E-state index is 6.08. The van der Waals surface area contributed by atoms with Crippen LogP contribution in [-0.2, 0) is 6.42 Å². The highest BCUT2D eigenvalue weighted by Gasteiger charge is 2.21. The van der Waals surface area contributed by atoms with E-state index in [-0.39, 0.29) is 0 Å². The largest absolute Gasteiger partial charge is 0.361 e. The van der Waals surface area contributed by atoms with Crippen molar-refractivity contribution in [3.05, 3.63) is 35.0 Å². The monoisotopic (exact) mass is 304 g/mol. The molecule has 1 aliphatic carbocycles. The van der Waals surface area contributed by atoms with Crippen LogP contribution in [0.4, 0.5) is 0 Å². The van der Waals surface area contributed by atoms with Gasteiger partial charge in [-0.1, -0.05) is 11.6 Å². The van der Waals surface area contributed by atoms with Gasteiger partial charge in [0.1, 0.15) is 0 Å². The lowest BCUT2D eigenvalue weighted by atomic mass is 10.1. The molecule has 21 heavy (non-hydrogen) atoms. The zero-order chi connectivity index (χ0) is 14.7. The summed E-state index contributed by atoms with van der Waals surface area (Å²) in [7, 11) is 0. The Morgan fingerprint density at radius 3 is 3.05 bits per heavy atom. The Morgan fingerprint density at radius 2 is 2.29 bits per heavy atom. The summed E-state index contributed by atoms with van der Waals surface area (Å²) in [5, 5.41) is 8.68. The number of fused-ring (bicyclic) bond motifs is 1. The summed E-state index contributed by atoms with van der Waals surface area (Å²) in [6.45, 7) is 3.74. The summed E-state index contributed by atoms with van der Waals surface area (Å²) in [4.78, 5) is 7.93. The third-order valence-electron chi connectivity index (χ3n) is 3.64. The van der Waals surface area contributed by atoms with Crippen molar-refractivity contribution in [2.75, 3.05) is 13.1 Å². The van der Waals surface area contributed by atoms with Crippen LogP contribution in [0, 0.1) is 0 Å². The molecule has 0 bridgehead atoms. The molecule has 1 heterocycles. The third kappa shape index (κ3) is 3.70. The molecule has 112 valence electrons. The Labute approximate surface area is 130 Å². The van der Waals surface area contributed by atoms with Gasteiger partial charge in [-0.2, -0.15) is 0 Å². The molecule has 0 unspecified atom stereocenters. The van der Waals surface area contributed by atoms with Crippen LogP contribution in [0.15, 0.2) is 29.4 Å². The third-order valence-corrected chi connectivity index (χ3v) is 3.88. The first-order valence-corrected chi connectivity index (χ1v) is 7.94. The fourth-order valence-electron chi connectivity index (χ4n) is 2.39. The van der Waals surface area contributed by atoms with Crippen molar-refractivity contribution in [1.82, 2.24) is 15.6 Å². The van der Waals surface area contributed by atoms with Gasteiger partial charge in [0.2, 0.25) is 0 Å². The zero-order valence-corrected chi connectivity index (χ0v) is 13.0. The van der Waals surface area contributed by atoms with Crippen LogP contribution in [0.2, 0.25) is 5.02 Å². The minimum absolute atomic E-state index is 0.620. The van der Waals surface area contributed by atoms with Gasteiger partial charge in [-0.3, -0.25) is 4.99 Å². The molecule has 1 saturated carbocycles. The van der Waals surface area contributed by atoms with E-state index in [0.29, 0.717) is 6.04 Å². The van der Waals surface area contributed by atoms with Gasteiger partial charge in [0.25, 0.3) is 0 Å². The highest BCUT2D eigenvalue weighted by molar-refractivity contribution is 6.31. The standard InChI is InChI=1S/C16H21ClN4/c1-2-18-16(21-13-4-5-13)19-8-7-11-10-20-15-6-3-12(17)9-14(11)15/h3,6,9-10,13,20H,2,4-5,7-8H2,1H3,(H2,18,19,21). The van der Waals surface area contributed by atoms with E-state index in [0.717, 1.165) is 36.0 Å². The lowest BCUT2D eigenvalue weighted by Gasteiger charge is -2.09. The van der Waals surface area contributed by atoms with E-state index in [4.69, 9.17) is 11.6 Å². The van der Waals surface area contributed by atoms with Crippen LogP contribution < -0.4 is 10.6 Å². The van der Waals surface area contributed by atoms with Crippen molar-refractivity contribution in [1.29, 1.82) is 0 Å². The number of guanidine groups is 1. The number of nitrogens with one attached hydrogen (secondary N) is 3. The number of aromatic amines is 1. The molecule has 0 saturated heterocycles. The Hall–Kier alpha value is -1.68. The van der Waals surface area contributed by atoms with Gasteiger partial charge in [0, 0.05) is 41.3 Å². The lowest BCUT2D eigenvalue weighted by Crippen LogP contribution is -2.38. The Balaban J connectivity index is 1.65. The van der Waals surface area contributed by atoms with E-state index in [2.05, 4.69) is 33.7 Å². The molecule has 1 aliphatic rings. The van der Waals surface area contributed by atoms with Crippen molar-refractivity contribution < 1.29 is 0 Å². The fraction of sp³-hybridized carbons (Fsp3) is 0.438. The second kappa shape index (κ2) is 6.39. The molecular formula is C16H21ClN4. The van der Waals surface area contributed by atoms with Gasteiger partial charge in [0.05, 0.1) is 0 Å². The van der Waals surface area contributed by atoms with Gasteiger partial charge < -0.3 is 15.6 Å². The van der Waals surface area contributed by atoms with E-state index in [1.807, 2.05) is 18.2 Å². The predicted octanol–water partition coefficient (Wildman–Crippen LogP) is 3.08. The van der Waals surface area contributed by atoms with Crippen molar-refractivity contribution in [3.63, 3.8) is 0 Å². The molecule has 0 spiro atoms. The van der Waals surface area contributed by atoms with Crippen LogP contribution >= 0.6 is 11.6 Å². The van der Waals surface area contributed by atoms with Gasteiger partial charge in [-0.05, 0) is 49.9 Å². The van der Waals surface area contributed by atoms with Crippen molar-refractivity contribution >= 4 is 28.5 Å². The minimum atomic E-state index is 0.620. The Morgan fingerprint density at radius 1 is 1.43 bits per heavy atom. The highest BCUT2D eigenvalue weighted by Crippen LogP contribution is 2.22. The SMILES string of the molecule is CCNC(=NCCc1c[nH]c2ccc(Cl)cc12)NC1CC1. The first kappa shape index (κ1) is 14.3. The number of aliphatic imine (C=N–C) groups is 1. The van der Waals surface area contributed by atoms with E-state index in [1.54, 1.807) is 0 Å². The summed E-state index contributed by atoms with van der Waals surface area (Å²) < 4.78 is 0. The smallest absolute Gasteiger partial charge is 0.191 e. The zero-order valence-electron chi connectivity index (χ0n) is 12.2. The van der Waals surface area contributed by atoms with Gasteiger partial charge >= 0.3 is 0 Å². The fourth-order valence-corrected chi connectivity index (χ4v) is 2.56. The van der Waals surface area contributed by atoms with Gasteiger partial charge in [-0.25, -0.2) is 0 Å². The number of H-pyrrole nitrogens is 1. The topological polar surface area (TPSA) is 52.2 Å². The second-order valence-electron chi connectivity index (χ2n) is 5.43. The van der Waals surface area contributed by atoms with E-state index in [1.165, 1.54) is 23.8 Å².